The molecule has 0 unspecified atom stereocenters. The van der Waals surface area contributed by atoms with Crippen LogP contribution in [0.5, 0.6) is 0 Å². The van der Waals surface area contributed by atoms with E-state index < -0.39 is 0 Å². The van der Waals surface area contributed by atoms with Crippen molar-refractivity contribution in [3.05, 3.63) is 35.9 Å². The predicted octanol–water partition coefficient (Wildman–Crippen LogP) is 4.19. The maximum atomic E-state index is 6.13. The first kappa shape index (κ1) is 14.5. The summed E-state index contributed by atoms with van der Waals surface area (Å²) in [4.78, 5) is 0. The van der Waals surface area contributed by atoms with Crippen molar-refractivity contribution in [2.24, 2.45) is 5.92 Å². The number of benzene rings is 1. The molecule has 1 aliphatic heterocycles. The van der Waals surface area contributed by atoms with Crippen molar-refractivity contribution in [3.63, 3.8) is 0 Å². The molecule has 0 aliphatic carbocycles. The highest BCUT2D eigenvalue weighted by Gasteiger charge is 2.29. The molecular weight excluding hydrogens is 236 g/mol. The quantitative estimate of drug-likeness (QED) is 0.765. The van der Waals surface area contributed by atoms with Gasteiger partial charge in [-0.3, -0.25) is 0 Å². The Kier molecular flexibility index (Phi) is 5.87. The molecule has 1 aromatic rings. The number of hydrogen-bond acceptors (Lipinski definition) is 2. The van der Waals surface area contributed by atoms with Gasteiger partial charge in [-0.2, -0.15) is 0 Å². The van der Waals surface area contributed by atoms with Crippen LogP contribution in [0.2, 0.25) is 0 Å². The van der Waals surface area contributed by atoms with Crippen LogP contribution in [0.4, 0.5) is 0 Å². The minimum atomic E-state index is -0.0143. The second-order valence-electron chi connectivity index (χ2n) is 5.42. The highest BCUT2D eigenvalue weighted by atomic mass is 16.7. The van der Waals surface area contributed by atoms with Crippen LogP contribution in [0.1, 0.15) is 45.1 Å². The Hall–Kier alpha value is -0.860. The molecule has 1 heterocycles. The smallest absolute Gasteiger partial charge is 0.158 e. The molecular formula is C17H26O2. The monoisotopic (exact) mass is 262 g/mol. The number of ether oxygens (including phenoxy) is 2. The third-order valence-corrected chi connectivity index (χ3v) is 3.96. The van der Waals surface area contributed by atoms with E-state index >= 15 is 0 Å². The van der Waals surface area contributed by atoms with Crippen LogP contribution in [0.3, 0.4) is 0 Å². The summed E-state index contributed by atoms with van der Waals surface area (Å²) in [7, 11) is 0. The SMILES string of the molecule is CCC[C@@H]1O[C@@H](CCc2ccccc2)OC[C@@H]1CC. The van der Waals surface area contributed by atoms with Gasteiger partial charge < -0.3 is 9.47 Å². The van der Waals surface area contributed by atoms with E-state index in [4.69, 9.17) is 9.47 Å². The fraction of sp³-hybridized carbons (Fsp3) is 0.647. The molecule has 0 bridgehead atoms. The van der Waals surface area contributed by atoms with E-state index in [0.717, 1.165) is 32.3 Å². The zero-order valence-corrected chi connectivity index (χ0v) is 12.2. The molecule has 1 fully saturated rings. The Labute approximate surface area is 117 Å². The molecule has 106 valence electrons. The molecule has 3 atom stereocenters. The summed E-state index contributed by atoms with van der Waals surface area (Å²) in [5, 5.41) is 0. The van der Waals surface area contributed by atoms with Gasteiger partial charge in [-0.1, -0.05) is 50.6 Å². The van der Waals surface area contributed by atoms with Crippen LogP contribution >= 0.6 is 0 Å². The first-order chi connectivity index (χ1) is 9.33. The number of hydrogen-bond donors (Lipinski definition) is 0. The molecule has 2 nitrogen and oxygen atoms in total. The minimum Gasteiger partial charge on any atom is -0.352 e. The molecule has 0 aromatic heterocycles. The summed E-state index contributed by atoms with van der Waals surface area (Å²) in [6.45, 7) is 5.31. The van der Waals surface area contributed by atoms with Crippen molar-refractivity contribution in [1.29, 1.82) is 0 Å². The van der Waals surface area contributed by atoms with Gasteiger partial charge in [0.2, 0.25) is 0 Å². The van der Waals surface area contributed by atoms with Crippen molar-refractivity contribution in [2.75, 3.05) is 6.61 Å². The molecule has 0 N–H and O–H groups in total. The summed E-state index contributed by atoms with van der Waals surface area (Å²) < 4.78 is 12.0. The first-order valence-electron chi connectivity index (χ1n) is 7.64. The maximum absolute atomic E-state index is 6.13. The van der Waals surface area contributed by atoms with Gasteiger partial charge in [0.1, 0.15) is 0 Å². The summed E-state index contributed by atoms with van der Waals surface area (Å²) >= 11 is 0. The first-order valence-corrected chi connectivity index (χ1v) is 7.64. The lowest BCUT2D eigenvalue weighted by Gasteiger charge is -2.36. The normalized spacial score (nSPS) is 27.4. The van der Waals surface area contributed by atoms with Crippen LogP contribution in [-0.2, 0) is 15.9 Å². The molecule has 0 spiro atoms. The van der Waals surface area contributed by atoms with Gasteiger partial charge in [0, 0.05) is 12.3 Å². The molecule has 19 heavy (non-hydrogen) atoms. The van der Waals surface area contributed by atoms with Crippen LogP contribution in [-0.4, -0.2) is 19.0 Å². The Balaban J connectivity index is 1.81. The van der Waals surface area contributed by atoms with Crippen molar-refractivity contribution in [2.45, 2.75) is 58.3 Å². The third-order valence-electron chi connectivity index (χ3n) is 3.96. The summed E-state index contributed by atoms with van der Waals surface area (Å²) in [5.41, 5.74) is 1.36. The van der Waals surface area contributed by atoms with Gasteiger partial charge in [0.15, 0.2) is 6.29 Å². The van der Waals surface area contributed by atoms with E-state index in [1.807, 2.05) is 0 Å². The molecule has 2 rings (SSSR count). The predicted molar refractivity (Wildman–Crippen MR) is 78.1 cm³/mol. The fourth-order valence-corrected chi connectivity index (χ4v) is 2.73. The molecule has 1 aliphatic rings. The largest absolute Gasteiger partial charge is 0.352 e. The molecule has 1 saturated heterocycles. The minimum absolute atomic E-state index is 0.0143. The van der Waals surface area contributed by atoms with Crippen molar-refractivity contribution >= 4 is 0 Å². The van der Waals surface area contributed by atoms with Gasteiger partial charge in [-0.15, -0.1) is 0 Å². The van der Waals surface area contributed by atoms with Gasteiger partial charge in [0.25, 0.3) is 0 Å². The highest BCUT2D eigenvalue weighted by Crippen LogP contribution is 2.26. The molecule has 0 saturated carbocycles. The molecule has 2 heteroatoms. The van der Waals surface area contributed by atoms with Gasteiger partial charge in [0.05, 0.1) is 12.7 Å². The van der Waals surface area contributed by atoms with E-state index in [9.17, 15) is 0 Å². The lowest BCUT2D eigenvalue weighted by Crippen LogP contribution is -2.39. The van der Waals surface area contributed by atoms with E-state index in [1.165, 1.54) is 12.0 Å². The zero-order valence-electron chi connectivity index (χ0n) is 12.2. The lowest BCUT2D eigenvalue weighted by molar-refractivity contribution is -0.239. The Morgan fingerprint density at radius 3 is 2.58 bits per heavy atom. The number of rotatable bonds is 6. The molecule has 0 amide bonds. The van der Waals surface area contributed by atoms with Crippen LogP contribution in [0, 0.1) is 5.92 Å². The van der Waals surface area contributed by atoms with Crippen LogP contribution < -0.4 is 0 Å². The third kappa shape index (κ3) is 4.32. The number of aryl methyl sites for hydroxylation is 1. The Morgan fingerprint density at radius 1 is 1.11 bits per heavy atom. The van der Waals surface area contributed by atoms with Crippen LogP contribution in [0.15, 0.2) is 30.3 Å². The fourth-order valence-electron chi connectivity index (χ4n) is 2.73. The van der Waals surface area contributed by atoms with Gasteiger partial charge in [-0.05, 0) is 24.8 Å². The van der Waals surface area contributed by atoms with E-state index in [-0.39, 0.29) is 6.29 Å². The van der Waals surface area contributed by atoms with Crippen molar-refractivity contribution < 1.29 is 9.47 Å². The van der Waals surface area contributed by atoms with E-state index in [1.54, 1.807) is 0 Å². The van der Waals surface area contributed by atoms with Gasteiger partial charge >= 0.3 is 0 Å². The zero-order chi connectivity index (χ0) is 13.5. The lowest BCUT2D eigenvalue weighted by atomic mass is 9.95. The van der Waals surface area contributed by atoms with Crippen molar-refractivity contribution in [3.8, 4) is 0 Å². The summed E-state index contributed by atoms with van der Waals surface area (Å²) in [6, 6.07) is 10.6. The van der Waals surface area contributed by atoms with E-state index in [0.29, 0.717) is 12.0 Å². The summed E-state index contributed by atoms with van der Waals surface area (Å²) in [6.07, 6.45) is 5.86. The Morgan fingerprint density at radius 2 is 1.89 bits per heavy atom. The standard InChI is InChI=1S/C17H26O2/c1-3-8-16-15(4-2)13-18-17(19-16)12-11-14-9-6-5-7-10-14/h5-7,9-10,15-17H,3-4,8,11-13H2,1-2H3/t15-,16-,17-/m0/s1. The van der Waals surface area contributed by atoms with Gasteiger partial charge in [-0.25, -0.2) is 0 Å². The molecule has 0 radical (unpaired) electrons. The average molecular weight is 262 g/mol. The van der Waals surface area contributed by atoms with Crippen LogP contribution in [0.25, 0.3) is 0 Å². The Bertz CT molecular complexity index is 350. The molecule has 1 aromatic carbocycles. The van der Waals surface area contributed by atoms with E-state index in [2.05, 4.69) is 44.2 Å². The topological polar surface area (TPSA) is 18.5 Å². The maximum Gasteiger partial charge on any atom is 0.158 e. The highest BCUT2D eigenvalue weighted by molar-refractivity contribution is 5.14. The second-order valence-corrected chi connectivity index (χ2v) is 5.42. The van der Waals surface area contributed by atoms with Crippen molar-refractivity contribution in [1.82, 2.24) is 0 Å². The summed E-state index contributed by atoms with van der Waals surface area (Å²) in [5.74, 6) is 0.577. The second kappa shape index (κ2) is 7.66. The average Bonchev–Trinajstić information content (AvgIpc) is 2.47.